The van der Waals surface area contributed by atoms with E-state index < -0.39 is 0 Å². The van der Waals surface area contributed by atoms with Gasteiger partial charge in [-0.05, 0) is 36.9 Å². The molecular weight excluding hydrogens is 334 g/mol. The predicted octanol–water partition coefficient (Wildman–Crippen LogP) is 2.57. The molecule has 0 aliphatic carbocycles. The van der Waals surface area contributed by atoms with Gasteiger partial charge in [-0.1, -0.05) is 6.07 Å². The number of rotatable bonds is 3. The van der Waals surface area contributed by atoms with Gasteiger partial charge in [-0.15, -0.1) is 0 Å². The monoisotopic (exact) mass is 357 g/mol. The molecule has 2 aliphatic rings. The van der Waals surface area contributed by atoms with Crippen molar-refractivity contribution < 1.29 is 9.53 Å². The maximum absolute atomic E-state index is 12.9. The fourth-order valence-corrected chi connectivity index (χ4v) is 4.43. The second-order valence-electron chi connectivity index (χ2n) is 6.78. The van der Waals surface area contributed by atoms with Crippen LogP contribution >= 0.6 is 11.3 Å². The number of hydrogen-bond acceptors (Lipinski definition) is 5. The van der Waals surface area contributed by atoms with Gasteiger partial charge in [-0.25, -0.2) is 0 Å². The first kappa shape index (κ1) is 16.7. The first-order valence-corrected chi connectivity index (χ1v) is 9.74. The average molecular weight is 357 g/mol. The zero-order chi connectivity index (χ0) is 17.2. The Morgan fingerprint density at radius 1 is 1.36 bits per heavy atom. The summed E-state index contributed by atoms with van der Waals surface area (Å²) in [7, 11) is 0. The smallest absolute Gasteiger partial charge is 0.255 e. The standard InChI is InChI=1S/C19H23N3O2S/c1-14-3-2-4-16(20-14)11-21-7-5-18-17(12-21)22(8-9-24-18)19(23)15-6-10-25-13-15/h2-4,6,10,13,17-18H,5,7-9,11-12H2,1H3/t17-,18-/m0/s1. The number of hydrogen-bond donors (Lipinski definition) is 0. The Morgan fingerprint density at radius 3 is 3.08 bits per heavy atom. The van der Waals surface area contributed by atoms with Gasteiger partial charge in [0.2, 0.25) is 0 Å². The van der Waals surface area contributed by atoms with E-state index in [1.54, 1.807) is 11.3 Å². The Kier molecular flexibility index (Phi) is 4.83. The second kappa shape index (κ2) is 7.23. The van der Waals surface area contributed by atoms with E-state index in [0.717, 1.165) is 43.0 Å². The first-order valence-electron chi connectivity index (χ1n) is 8.80. The van der Waals surface area contributed by atoms with Gasteiger partial charge in [0.25, 0.3) is 5.91 Å². The zero-order valence-electron chi connectivity index (χ0n) is 14.4. The van der Waals surface area contributed by atoms with Crippen molar-refractivity contribution in [3.05, 3.63) is 52.0 Å². The molecule has 132 valence electrons. The van der Waals surface area contributed by atoms with Crippen molar-refractivity contribution in [3.63, 3.8) is 0 Å². The van der Waals surface area contributed by atoms with Gasteiger partial charge in [0.05, 0.1) is 30.0 Å². The molecule has 2 saturated heterocycles. The second-order valence-corrected chi connectivity index (χ2v) is 7.56. The summed E-state index contributed by atoms with van der Waals surface area (Å²) in [6.45, 7) is 5.98. The lowest BCUT2D eigenvalue weighted by Crippen LogP contribution is -2.61. The van der Waals surface area contributed by atoms with E-state index in [2.05, 4.69) is 22.0 Å². The number of amides is 1. The number of aromatic nitrogens is 1. The van der Waals surface area contributed by atoms with E-state index in [1.165, 1.54) is 0 Å². The lowest BCUT2D eigenvalue weighted by molar-refractivity contribution is -0.0915. The summed E-state index contributed by atoms with van der Waals surface area (Å²) in [5.74, 6) is 0.134. The van der Waals surface area contributed by atoms with Crippen LogP contribution in [0.4, 0.5) is 0 Å². The van der Waals surface area contributed by atoms with Crippen LogP contribution in [-0.4, -0.2) is 59.1 Å². The summed E-state index contributed by atoms with van der Waals surface area (Å²) in [6, 6.07) is 8.19. The topological polar surface area (TPSA) is 45.7 Å². The number of likely N-dealkylation sites (tertiary alicyclic amines) is 1. The molecule has 1 amide bonds. The molecule has 4 rings (SSSR count). The molecule has 0 bridgehead atoms. The normalized spacial score (nSPS) is 24.1. The van der Waals surface area contributed by atoms with Crippen LogP contribution in [0.1, 0.15) is 28.2 Å². The number of fused-ring (bicyclic) bond motifs is 1. The van der Waals surface area contributed by atoms with Crippen LogP contribution in [0.2, 0.25) is 0 Å². The summed E-state index contributed by atoms with van der Waals surface area (Å²) in [5, 5.41) is 3.89. The SMILES string of the molecule is Cc1cccc(CN2CC[C@@H]3OCCN(C(=O)c4ccsc4)[C@H]3C2)n1. The van der Waals surface area contributed by atoms with Crippen molar-refractivity contribution in [2.75, 3.05) is 26.2 Å². The third-order valence-electron chi connectivity index (χ3n) is 5.03. The maximum Gasteiger partial charge on any atom is 0.255 e. The molecule has 0 saturated carbocycles. The molecule has 25 heavy (non-hydrogen) atoms. The van der Waals surface area contributed by atoms with E-state index in [1.807, 2.05) is 34.7 Å². The van der Waals surface area contributed by atoms with Gasteiger partial charge in [-0.3, -0.25) is 14.7 Å². The van der Waals surface area contributed by atoms with Crippen molar-refractivity contribution in [2.45, 2.75) is 32.0 Å². The summed E-state index contributed by atoms with van der Waals surface area (Å²) < 4.78 is 5.96. The molecule has 4 heterocycles. The average Bonchev–Trinajstić information content (AvgIpc) is 3.15. The van der Waals surface area contributed by atoms with E-state index in [0.29, 0.717) is 13.2 Å². The van der Waals surface area contributed by atoms with Crippen molar-refractivity contribution in [1.29, 1.82) is 0 Å². The highest BCUT2D eigenvalue weighted by Gasteiger charge is 2.39. The molecule has 0 aromatic carbocycles. The molecule has 6 heteroatoms. The summed E-state index contributed by atoms with van der Waals surface area (Å²) >= 11 is 1.57. The van der Waals surface area contributed by atoms with E-state index in [-0.39, 0.29) is 18.1 Å². The Hall–Kier alpha value is -1.76. The first-order chi connectivity index (χ1) is 12.2. The number of carbonyl (C=O) groups excluding carboxylic acids is 1. The lowest BCUT2D eigenvalue weighted by Gasteiger charge is -2.47. The number of morpholine rings is 1. The third kappa shape index (κ3) is 3.61. The van der Waals surface area contributed by atoms with Crippen molar-refractivity contribution >= 4 is 17.2 Å². The van der Waals surface area contributed by atoms with Crippen LogP contribution in [0.5, 0.6) is 0 Å². The largest absolute Gasteiger partial charge is 0.374 e. The van der Waals surface area contributed by atoms with Crippen LogP contribution in [0, 0.1) is 6.92 Å². The summed E-state index contributed by atoms with van der Waals surface area (Å²) in [4.78, 5) is 21.9. The van der Waals surface area contributed by atoms with Gasteiger partial charge in [-0.2, -0.15) is 11.3 Å². The molecule has 0 radical (unpaired) electrons. The molecule has 0 spiro atoms. The lowest BCUT2D eigenvalue weighted by atomic mass is 9.97. The van der Waals surface area contributed by atoms with Crippen LogP contribution in [-0.2, 0) is 11.3 Å². The summed E-state index contributed by atoms with van der Waals surface area (Å²) in [6.07, 6.45) is 1.11. The van der Waals surface area contributed by atoms with Crippen molar-refractivity contribution in [2.24, 2.45) is 0 Å². The number of ether oxygens (including phenoxy) is 1. The number of aryl methyl sites for hydroxylation is 1. The van der Waals surface area contributed by atoms with Crippen molar-refractivity contribution in [1.82, 2.24) is 14.8 Å². The number of pyridine rings is 1. The van der Waals surface area contributed by atoms with Gasteiger partial charge < -0.3 is 9.64 Å². The molecule has 2 aliphatic heterocycles. The Morgan fingerprint density at radius 2 is 2.28 bits per heavy atom. The highest BCUT2D eigenvalue weighted by Crippen LogP contribution is 2.26. The Bertz CT molecular complexity index is 734. The summed E-state index contributed by atoms with van der Waals surface area (Å²) in [5.41, 5.74) is 2.93. The van der Waals surface area contributed by atoms with Crippen LogP contribution in [0.25, 0.3) is 0 Å². The quantitative estimate of drug-likeness (QED) is 0.847. The maximum atomic E-state index is 12.9. The minimum Gasteiger partial charge on any atom is -0.374 e. The van der Waals surface area contributed by atoms with E-state index >= 15 is 0 Å². The fourth-order valence-electron chi connectivity index (χ4n) is 3.80. The molecular formula is C19H23N3O2S. The predicted molar refractivity (Wildman–Crippen MR) is 97.8 cm³/mol. The van der Waals surface area contributed by atoms with Gasteiger partial charge in [0, 0.05) is 37.3 Å². The van der Waals surface area contributed by atoms with Crippen molar-refractivity contribution in [3.8, 4) is 0 Å². The minimum atomic E-state index is 0.125. The Labute approximate surface area is 152 Å². The number of carbonyl (C=O) groups is 1. The number of nitrogens with zero attached hydrogens (tertiary/aromatic N) is 3. The third-order valence-corrected chi connectivity index (χ3v) is 5.71. The molecule has 2 fully saturated rings. The molecule has 2 atom stereocenters. The fraction of sp³-hybridized carbons (Fsp3) is 0.474. The van der Waals surface area contributed by atoms with Gasteiger partial charge in [0.1, 0.15) is 0 Å². The molecule has 2 aromatic heterocycles. The number of piperidine rings is 1. The Balaban J connectivity index is 1.48. The number of thiophene rings is 1. The van der Waals surface area contributed by atoms with Crippen LogP contribution in [0.15, 0.2) is 35.0 Å². The van der Waals surface area contributed by atoms with E-state index in [4.69, 9.17) is 4.74 Å². The molecule has 0 unspecified atom stereocenters. The minimum absolute atomic E-state index is 0.125. The molecule has 5 nitrogen and oxygen atoms in total. The highest BCUT2D eigenvalue weighted by atomic mass is 32.1. The van der Waals surface area contributed by atoms with Gasteiger partial charge >= 0.3 is 0 Å². The van der Waals surface area contributed by atoms with Gasteiger partial charge in [0.15, 0.2) is 0 Å². The van der Waals surface area contributed by atoms with Crippen LogP contribution in [0.3, 0.4) is 0 Å². The molecule has 0 N–H and O–H groups in total. The highest BCUT2D eigenvalue weighted by molar-refractivity contribution is 7.08. The molecule has 2 aromatic rings. The van der Waals surface area contributed by atoms with E-state index in [9.17, 15) is 4.79 Å². The zero-order valence-corrected chi connectivity index (χ0v) is 15.2. The van der Waals surface area contributed by atoms with Crippen LogP contribution < -0.4 is 0 Å².